The topological polar surface area (TPSA) is 89.2 Å². The molecule has 1 aromatic carbocycles. The summed E-state index contributed by atoms with van der Waals surface area (Å²) in [7, 11) is 2.16. The van der Waals surface area contributed by atoms with Crippen LogP contribution in [0.15, 0.2) is 54.2 Å². The zero-order valence-corrected chi connectivity index (χ0v) is 18.7. The first-order chi connectivity index (χ1) is 15.7. The van der Waals surface area contributed by atoms with Crippen molar-refractivity contribution in [3.8, 4) is 0 Å². The molecule has 3 N–H and O–H groups in total. The maximum atomic E-state index is 12.9. The Labute approximate surface area is 190 Å². The van der Waals surface area contributed by atoms with Crippen molar-refractivity contribution >= 4 is 44.5 Å². The van der Waals surface area contributed by atoms with Crippen molar-refractivity contribution in [3.63, 3.8) is 0 Å². The van der Waals surface area contributed by atoms with Gasteiger partial charge < -0.3 is 15.5 Å². The van der Waals surface area contributed by atoms with Crippen molar-refractivity contribution < 1.29 is 4.79 Å². The normalized spacial score (nSPS) is 15.2. The third-order valence-corrected chi connectivity index (χ3v) is 6.64. The van der Waals surface area contributed by atoms with Crippen LogP contribution in [0.3, 0.4) is 0 Å². The molecule has 8 nitrogen and oxygen atoms in total. The number of nitrogens with one attached hydrogen (secondary N) is 3. The summed E-state index contributed by atoms with van der Waals surface area (Å²) < 4.78 is 1.04. The molecule has 0 radical (unpaired) electrons. The molecule has 0 bridgehead atoms. The Morgan fingerprint density at radius 1 is 1.12 bits per heavy atom. The number of likely N-dealkylation sites (N-methyl/N-ethyl adjacent to an activating group) is 1. The van der Waals surface area contributed by atoms with Gasteiger partial charge in [0, 0.05) is 44.6 Å². The molecule has 3 aromatic heterocycles. The number of H-pyrrole nitrogens is 1. The Kier molecular flexibility index (Phi) is 5.85. The summed E-state index contributed by atoms with van der Waals surface area (Å²) in [4.78, 5) is 22.1. The highest BCUT2D eigenvalue weighted by Gasteiger charge is 2.17. The Morgan fingerprint density at radius 3 is 2.75 bits per heavy atom. The fraction of sp³-hybridized carbons (Fsp3) is 0.261. The number of pyridine rings is 1. The fourth-order valence-electron chi connectivity index (χ4n) is 3.82. The van der Waals surface area contributed by atoms with Gasteiger partial charge in [0.05, 0.1) is 16.6 Å². The van der Waals surface area contributed by atoms with Crippen molar-refractivity contribution in [1.29, 1.82) is 0 Å². The molecule has 1 aliphatic heterocycles. The van der Waals surface area contributed by atoms with Gasteiger partial charge in [0.25, 0.3) is 5.91 Å². The molecular weight excluding hydrogens is 422 g/mol. The molecule has 164 valence electrons. The van der Waals surface area contributed by atoms with Gasteiger partial charge in [-0.1, -0.05) is 12.1 Å². The van der Waals surface area contributed by atoms with Gasteiger partial charge in [-0.05, 0) is 47.6 Å². The minimum absolute atomic E-state index is 0.254. The zero-order valence-electron chi connectivity index (χ0n) is 17.8. The van der Waals surface area contributed by atoms with Crippen molar-refractivity contribution in [3.05, 3.63) is 65.4 Å². The van der Waals surface area contributed by atoms with E-state index in [0.717, 1.165) is 48.5 Å². The summed E-state index contributed by atoms with van der Waals surface area (Å²) in [6.45, 7) is 5.30. The Bertz CT molecular complexity index is 1210. The van der Waals surface area contributed by atoms with Crippen LogP contribution in [0.25, 0.3) is 10.1 Å². The summed E-state index contributed by atoms with van der Waals surface area (Å²) in [5.41, 5.74) is 2.94. The number of carbonyl (C=O) groups is 1. The second-order valence-electron chi connectivity index (χ2n) is 8.01. The summed E-state index contributed by atoms with van der Waals surface area (Å²) >= 11 is 1.60. The lowest BCUT2D eigenvalue weighted by Gasteiger charge is -2.32. The van der Waals surface area contributed by atoms with Gasteiger partial charge in [0.2, 0.25) is 0 Å². The third kappa shape index (κ3) is 4.50. The van der Waals surface area contributed by atoms with Crippen LogP contribution in [-0.4, -0.2) is 64.1 Å². The molecule has 4 aromatic rings. The second-order valence-corrected chi connectivity index (χ2v) is 8.93. The van der Waals surface area contributed by atoms with Crippen LogP contribution in [0.4, 0.5) is 17.2 Å². The van der Waals surface area contributed by atoms with Gasteiger partial charge in [-0.3, -0.25) is 14.8 Å². The van der Waals surface area contributed by atoms with E-state index in [1.165, 1.54) is 5.56 Å². The molecule has 1 fully saturated rings. The number of aromatic nitrogens is 3. The second kappa shape index (κ2) is 9.07. The lowest BCUT2D eigenvalue weighted by Crippen LogP contribution is -2.43. The van der Waals surface area contributed by atoms with Crippen molar-refractivity contribution in [2.45, 2.75) is 6.54 Å². The molecule has 0 spiro atoms. The number of amides is 1. The minimum Gasteiger partial charge on any atom is -0.336 e. The van der Waals surface area contributed by atoms with E-state index in [-0.39, 0.29) is 5.91 Å². The molecule has 4 heterocycles. The molecule has 1 aliphatic rings. The van der Waals surface area contributed by atoms with E-state index in [4.69, 9.17) is 0 Å². The predicted molar refractivity (Wildman–Crippen MR) is 129 cm³/mol. The maximum Gasteiger partial charge on any atom is 0.275 e. The third-order valence-electron chi connectivity index (χ3n) is 5.70. The Balaban J connectivity index is 1.24. The van der Waals surface area contributed by atoms with Crippen LogP contribution < -0.4 is 10.6 Å². The van der Waals surface area contributed by atoms with Crippen LogP contribution in [0.2, 0.25) is 0 Å². The lowest BCUT2D eigenvalue weighted by atomic mass is 10.1. The Hall–Kier alpha value is -3.27. The number of rotatable bonds is 6. The summed E-state index contributed by atoms with van der Waals surface area (Å²) in [6.07, 6.45) is 3.35. The van der Waals surface area contributed by atoms with E-state index in [1.54, 1.807) is 23.7 Å². The first-order valence-electron chi connectivity index (χ1n) is 10.6. The molecule has 0 aliphatic carbocycles. The number of fused-ring (bicyclic) bond motifs is 1. The number of aromatic amines is 1. The summed E-state index contributed by atoms with van der Waals surface area (Å²) in [5.74, 6) is 0.455. The van der Waals surface area contributed by atoms with E-state index in [1.807, 2.05) is 29.6 Å². The summed E-state index contributed by atoms with van der Waals surface area (Å²) in [5, 5.41) is 16.2. The van der Waals surface area contributed by atoms with Crippen LogP contribution in [0, 0.1) is 0 Å². The summed E-state index contributed by atoms with van der Waals surface area (Å²) in [6, 6.07) is 12.0. The number of hydrogen-bond donors (Lipinski definition) is 3. The number of carbonyl (C=O) groups excluding carboxylic acids is 1. The van der Waals surface area contributed by atoms with E-state index >= 15 is 0 Å². The van der Waals surface area contributed by atoms with E-state index in [0.29, 0.717) is 17.2 Å². The zero-order chi connectivity index (χ0) is 21.9. The molecule has 0 atom stereocenters. The SMILES string of the molecule is CN1CCN(Cc2ccc(NC(=O)c3[nH]ncc3Nc3nccc4ccsc34)cc2)CC1. The number of benzene rings is 1. The molecular formula is C23H25N7OS. The van der Waals surface area contributed by atoms with Gasteiger partial charge in [0.15, 0.2) is 0 Å². The van der Waals surface area contributed by atoms with Gasteiger partial charge in [-0.15, -0.1) is 11.3 Å². The quantitative estimate of drug-likeness (QED) is 0.417. The molecule has 5 rings (SSSR count). The smallest absolute Gasteiger partial charge is 0.275 e. The number of hydrogen-bond acceptors (Lipinski definition) is 7. The largest absolute Gasteiger partial charge is 0.336 e. The predicted octanol–water partition coefficient (Wildman–Crippen LogP) is 3.76. The van der Waals surface area contributed by atoms with Crippen molar-refractivity contribution in [1.82, 2.24) is 25.0 Å². The molecule has 0 saturated carbocycles. The molecule has 0 unspecified atom stereocenters. The van der Waals surface area contributed by atoms with Gasteiger partial charge in [-0.25, -0.2) is 4.98 Å². The maximum absolute atomic E-state index is 12.9. The standard InChI is InChI=1S/C23H25N7OS/c1-29-9-11-30(12-10-29)15-16-2-4-18(5-3-16)26-23(31)20-19(14-25-28-20)27-22-21-17(6-8-24-22)7-13-32-21/h2-8,13-14H,9-12,15H2,1H3,(H,24,27)(H,25,28)(H,26,31). The fourth-order valence-corrected chi connectivity index (χ4v) is 4.65. The van der Waals surface area contributed by atoms with Crippen LogP contribution in [0.5, 0.6) is 0 Å². The first-order valence-corrected chi connectivity index (χ1v) is 11.5. The van der Waals surface area contributed by atoms with E-state index < -0.39 is 0 Å². The van der Waals surface area contributed by atoms with Crippen molar-refractivity contribution in [2.75, 3.05) is 43.9 Å². The molecule has 1 saturated heterocycles. The van der Waals surface area contributed by atoms with Crippen LogP contribution in [0.1, 0.15) is 16.1 Å². The first kappa shape index (κ1) is 20.6. The molecule has 32 heavy (non-hydrogen) atoms. The van der Waals surface area contributed by atoms with Gasteiger partial charge in [0.1, 0.15) is 11.5 Å². The lowest BCUT2D eigenvalue weighted by molar-refractivity contribution is 0.102. The number of nitrogens with zero attached hydrogens (tertiary/aromatic N) is 4. The van der Waals surface area contributed by atoms with Crippen molar-refractivity contribution in [2.24, 2.45) is 0 Å². The number of piperazine rings is 1. The van der Waals surface area contributed by atoms with Gasteiger partial charge in [-0.2, -0.15) is 5.10 Å². The highest BCUT2D eigenvalue weighted by molar-refractivity contribution is 7.17. The Morgan fingerprint density at radius 2 is 1.94 bits per heavy atom. The average Bonchev–Trinajstić information content (AvgIpc) is 3.47. The van der Waals surface area contributed by atoms with E-state index in [9.17, 15) is 4.79 Å². The highest BCUT2D eigenvalue weighted by Crippen LogP contribution is 2.29. The number of thiophene rings is 1. The molecule has 9 heteroatoms. The van der Waals surface area contributed by atoms with Crippen LogP contribution in [-0.2, 0) is 6.54 Å². The van der Waals surface area contributed by atoms with Crippen LogP contribution >= 0.6 is 11.3 Å². The minimum atomic E-state index is -0.254. The molecule has 1 amide bonds. The number of anilines is 3. The monoisotopic (exact) mass is 447 g/mol. The highest BCUT2D eigenvalue weighted by atomic mass is 32.1. The van der Waals surface area contributed by atoms with Gasteiger partial charge >= 0.3 is 0 Å². The average molecular weight is 448 g/mol. The van der Waals surface area contributed by atoms with E-state index in [2.05, 4.69) is 54.8 Å².